The third kappa shape index (κ3) is 3.79. The molecule has 6 nitrogen and oxygen atoms in total. The topological polar surface area (TPSA) is 111 Å². The van der Waals surface area contributed by atoms with E-state index in [1.807, 2.05) is 30.3 Å². The van der Waals surface area contributed by atoms with Crippen LogP contribution >= 0.6 is 0 Å². The Morgan fingerprint density at radius 3 is 2.38 bits per heavy atom. The highest BCUT2D eigenvalue weighted by atomic mass is 16.6. The van der Waals surface area contributed by atoms with Gasteiger partial charge >= 0.3 is 5.97 Å². The first-order valence-electron chi connectivity index (χ1n) is 6.89. The second-order valence-electron chi connectivity index (χ2n) is 5.44. The lowest BCUT2D eigenvalue weighted by atomic mass is 9.91. The number of rotatable bonds is 7. The van der Waals surface area contributed by atoms with Gasteiger partial charge in [0.25, 0.3) is 0 Å². The van der Waals surface area contributed by atoms with Crippen molar-refractivity contribution >= 4 is 5.97 Å². The zero-order valence-electron chi connectivity index (χ0n) is 11.7. The Balaban J connectivity index is 1.87. The predicted octanol–water partition coefficient (Wildman–Crippen LogP) is 0.320. The van der Waals surface area contributed by atoms with Crippen LogP contribution in [0.4, 0.5) is 0 Å². The molecule has 0 amide bonds. The van der Waals surface area contributed by atoms with Crippen molar-refractivity contribution in [3.63, 3.8) is 0 Å². The molecule has 0 saturated carbocycles. The van der Waals surface area contributed by atoms with Crippen LogP contribution < -0.4 is 0 Å². The minimum Gasteiger partial charge on any atom is -0.479 e. The van der Waals surface area contributed by atoms with Gasteiger partial charge in [-0.15, -0.1) is 0 Å². The first-order valence-corrected chi connectivity index (χ1v) is 6.89. The summed E-state index contributed by atoms with van der Waals surface area (Å²) in [4.78, 5) is 10.6. The molecular formula is C15H20O6. The quantitative estimate of drug-likeness (QED) is 0.539. The number of carboxylic acid groups (broad SMARTS) is 1. The van der Waals surface area contributed by atoms with Crippen LogP contribution in [0.2, 0.25) is 0 Å². The molecule has 0 aliphatic carbocycles. The molecule has 0 bridgehead atoms. The Morgan fingerprint density at radius 1 is 1.19 bits per heavy atom. The van der Waals surface area contributed by atoms with E-state index in [0.29, 0.717) is 0 Å². The van der Waals surface area contributed by atoms with Crippen LogP contribution in [0.1, 0.15) is 25.0 Å². The number of carboxylic acids is 1. The number of ether oxygens (including phenoxy) is 1. The molecule has 1 aliphatic heterocycles. The fourth-order valence-corrected chi connectivity index (χ4v) is 2.41. The number of hydrogen-bond donors (Lipinski definition) is 4. The second-order valence-corrected chi connectivity index (χ2v) is 5.44. The standard InChI is InChI=1S/C15H20O6/c1-8(10(16)7-11(17)12(18)15(19)20)13-14(21-13)9-5-3-2-4-6-9/h2-6,8,10-14,16-18H,7H2,1H3,(H,19,20). The molecule has 1 heterocycles. The number of carbonyl (C=O) groups is 1. The Hall–Kier alpha value is -1.47. The van der Waals surface area contributed by atoms with Gasteiger partial charge in [-0.3, -0.25) is 0 Å². The molecule has 6 atom stereocenters. The van der Waals surface area contributed by atoms with E-state index in [0.717, 1.165) is 5.56 Å². The van der Waals surface area contributed by atoms with Gasteiger partial charge in [0.1, 0.15) is 6.10 Å². The summed E-state index contributed by atoms with van der Waals surface area (Å²) in [6, 6.07) is 9.59. The Bertz CT molecular complexity index is 476. The van der Waals surface area contributed by atoms with Crippen molar-refractivity contribution in [2.75, 3.05) is 0 Å². The van der Waals surface area contributed by atoms with Crippen molar-refractivity contribution in [3.05, 3.63) is 35.9 Å². The van der Waals surface area contributed by atoms with E-state index in [1.54, 1.807) is 6.92 Å². The minimum absolute atomic E-state index is 0.0857. The highest BCUT2D eigenvalue weighted by Gasteiger charge is 2.46. The van der Waals surface area contributed by atoms with Gasteiger partial charge in [-0.25, -0.2) is 4.79 Å². The molecule has 1 aromatic rings. The van der Waals surface area contributed by atoms with Crippen molar-refractivity contribution in [1.29, 1.82) is 0 Å². The van der Waals surface area contributed by atoms with Crippen LogP contribution in [0.3, 0.4) is 0 Å². The van der Waals surface area contributed by atoms with E-state index in [4.69, 9.17) is 9.84 Å². The summed E-state index contributed by atoms with van der Waals surface area (Å²) in [5, 5.41) is 37.4. The van der Waals surface area contributed by atoms with Gasteiger partial charge in [0.05, 0.1) is 18.3 Å². The van der Waals surface area contributed by atoms with E-state index < -0.39 is 24.3 Å². The fourth-order valence-electron chi connectivity index (χ4n) is 2.41. The second kappa shape index (κ2) is 6.53. The Morgan fingerprint density at radius 2 is 1.81 bits per heavy atom. The molecule has 6 heteroatoms. The van der Waals surface area contributed by atoms with Gasteiger partial charge in [-0.2, -0.15) is 0 Å². The van der Waals surface area contributed by atoms with Gasteiger partial charge in [0, 0.05) is 12.3 Å². The van der Waals surface area contributed by atoms with E-state index in [2.05, 4.69) is 0 Å². The molecule has 6 unspecified atom stereocenters. The summed E-state index contributed by atoms with van der Waals surface area (Å²) in [6.07, 6.45) is -4.82. The highest BCUT2D eigenvalue weighted by molar-refractivity contribution is 5.72. The Labute approximate surface area is 122 Å². The Kier molecular flexibility index (Phi) is 4.95. The summed E-state index contributed by atoms with van der Waals surface area (Å²) in [6.45, 7) is 1.78. The smallest absolute Gasteiger partial charge is 0.335 e. The lowest BCUT2D eigenvalue weighted by Crippen LogP contribution is -2.38. The number of hydrogen-bond acceptors (Lipinski definition) is 5. The van der Waals surface area contributed by atoms with E-state index >= 15 is 0 Å². The van der Waals surface area contributed by atoms with Crippen molar-refractivity contribution in [2.45, 2.75) is 43.9 Å². The summed E-state index contributed by atoms with van der Waals surface area (Å²) < 4.78 is 5.56. The van der Waals surface area contributed by atoms with Crippen LogP contribution in [0, 0.1) is 5.92 Å². The van der Waals surface area contributed by atoms with Crippen LogP contribution in [-0.2, 0) is 9.53 Å². The van der Waals surface area contributed by atoms with E-state index in [1.165, 1.54) is 0 Å². The molecule has 116 valence electrons. The maximum absolute atomic E-state index is 10.6. The van der Waals surface area contributed by atoms with Crippen LogP contribution in [-0.4, -0.2) is 50.8 Å². The fraction of sp³-hybridized carbons (Fsp3) is 0.533. The number of benzene rings is 1. The first kappa shape index (κ1) is 15.9. The van der Waals surface area contributed by atoms with E-state index in [-0.39, 0.29) is 24.5 Å². The van der Waals surface area contributed by atoms with Gasteiger partial charge in [0.15, 0.2) is 6.10 Å². The zero-order valence-corrected chi connectivity index (χ0v) is 11.7. The third-order valence-corrected chi connectivity index (χ3v) is 3.88. The van der Waals surface area contributed by atoms with Crippen molar-refractivity contribution in [3.8, 4) is 0 Å². The van der Waals surface area contributed by atoms with Crippen LogP contribution in [0.15, 0.2) is 30.3 Å². The SMILES string of the molecule is CC(C(O)CC(O)C(O)C(=O)O)C1OC1c1ccccc1. The van der Waals surface area contributed by atoms with Crippen molar-refractivity contribution < 1.29 is 30.0 Å². The van der Waals surface area contributed by atoms with Gasteiger partial charge in [-0.1, -0.05) is 37.3 Å². The molecule has 0 aromatic heterocycles. The zero-order chi connectivity index (χ0) is 15.6. The first-order chi connectivity index (χ1) is 9.91. The average Bonchev–Trinajstić information content (AvgIpc) is 3.26. The van der Waals surface area contributed by atoms with Gasteiger partial charge in [-0.05, 0) is 5.56 Å². The number of epoxide rings is 1. The monoisotopic (exact) mass is 296 g/mol. The highest BCUT2D eigenvalue weighted by Crippen LogP contribution is 2.44. The number of aliphatic hydroxyl groups is 3. The van der Waals surface area contributed by atoms with Gasteiger partial charge in [0.2, 0.25) is 0 Å². The van der Waals surface area contributed by atoms with Crippen LogP contribution in [0.5, 0.6) is 0 Å². The molecule has 1 aromatic carbocycles. The molecular weight excluding hydrogens is 276 g/mol. The van der Waals surface area contributed by atoms with Crippen molar-refractivity contribution in [1.82, 2.24) is 0 Å². The molecule has 1 fully saturated rings. The van der Waals surface area contributed by atoms with E-state index in [9.17, 15) is 20.1 Å². The third-order valence-electron chi connectivity index (χ3n) is 3.88. The molecule has 1 saturated heterocycles. The average molecular weight is 296 g/mol. The largest absolute Gasteiger partial charge is 0.479 e. The predicted molar refractivity (Wildman–Crippen MR) is 73.5 cm³/mol. The lowest BCUT2D eigenvalue weighted by molar-refractivity contribution is -0.154. The molecule has 21 heavy (non-hydrogen) atoms. The van der Waals surface area contributed by atoms with Gasteiger partial charge < -0.3 is 25.2 Å². The maximum atomic E-state index is 10.6. The lowest BCUT2D eigenvalue weighted by Gasteiger charge is -2.21. The summed E-state index contributed by atoms with van der Waals surface area (Å²) in [7, 11) is 0. The summed E-state index contributed by atoms with van der Waals surface area (Å²) in [5.74, 6) is -1.78. The molecule has 0 radical (unpaired) electrons. The summed E-state index contributed by atoms with van der Waals surface area (Å²) >= 11 is 0. The van der Waals surface area contributed by atoms with Crippen molar-refractivity contribution in [2.24, 2.45) is 5.92 Å². The maximum Gasteiger partial charge on any atom is 0.335 e. The normalized spacial score (nSPS) is 26.7. The molecule has 0 spiro atoms. The summed E-state index contributed by atoms with van der Waals surface area (Å²) in [5.41, 5.74) is 1.02. The number of aliphatic carboxylic acids is 1. The van der Waals surface area contributed by atoms with Crippen LogP contribution in [0.25, 0.3) is 0 Å². The molecule has 2 rings (SSSR count). The molecule has 4 N–H and O–H groups in total. The number of aliphatic hydroxyl groups excluding tert-OH is 3. The molecule has 1 aliphatic rings. The minimum atomic E-state index is -1.89.